The number of amides is 2. The second-order valence-electron chi connectivity index (χ2n) is 8.11. The Labute approximate surface area is 207 Å². The van der Waals surface area contributed by atoms with Gasteiger partial charge in [-0.2, -0.15) is 4.37 Å². The molecular weight excluding hydrogens is 473 g/mol. The molecule has 2 amide bonds. The fourth-order valence-corrected chi connectivity index (χ4v) is 4.51. The zero-order valence-electron chi connectivity index (χ0n) is 19.6. The smallest absolute Gasteiger partial charge is 0.409 e. The fraction of sp³-hybridized carbons (Fsp3) is 0.417. The molecular formula is C24H28FN5O4S. The molecule has 1 aliphatic heterocycles. The highest BCUT2D eigenvalue weighted by Crippen LogP contribution is 2.22. The molecule has 0 unspecified atom stereocenters. The average Bonchev–Trinajstić information content (AvgIpc) is 3.55. The van der Waals surface area contributed by atoms with Crippen LogP contribution < -0.4 is 4.90 Å². The van der Waals surface area contributed by atoms with Gasteiger partial charge < -0.3 is 23.9 Å². The van der Waals surface area contributed by atoms with Gasteiger partial charge in [0, 0.05) is 57.1 Å². The number of nitrogens with zero attached hydrogens (tertiary/aromatic N) is 5. The quantitative estimate of drug-likeness (QED) is 0.443. The summed E-state index contributed by atoms with van der Waals surface area (Å²) < 4.78 is 28.2. The Hall–Kier alpha value is -3.47. The monoisotopic (exact) mass is 501 g/mol. The number of anilines is 1. The molecule has 3 heterocycles. The van der Waals surface area contributed by atoms with E-state index in [1.54, 1.807) is 35.1 Å². The van der Waals surface area contributed by atoms with Crippen molar-refractivity contribution in [3.63, 3.8) is 0 Å². The van der Waals surface area contributed by atoms with E-state index in [1.165, 1.54) is 23.7 Å². The molecule has 0 spiro atoms. The minimum Gasteiger partial charge on any atom is -0.467 e. The Morgan fingerprint density at radius 2 is 1.89 bits per heavy atom. The van der Waals surface area contributed by atoms with Crippen LogP contribution in [0.25, 0.3) is 0 Å². The van der Waals surface area contributed by atoms with Crippen molar-refractivity contribution in [2.45, 2.75) is 26.3 Å². The summed E-state index contributed by atoms with van der Waals surface area (Å²) >= 11 is 1.26. The molecule has 0 bridgehead atoms. The van der Waals surface area contributed by atoms with Crippen LogP contribution in [0.4, 0.5) is 14.3 Å². The third-order valence-electron chi connectivity index (χ3n) is 5.68. The van der Waals surface area contributed by atoms with Gasteiger partial charge in [0.25, 0.3) is 0 Å². The van der Waals surface area contributed by atoms with E-state index >= 15 is 0 Å². The predicted molar refractivity (Wildman–Crippen MR) is 129 cm³/mol. The molecule has 1 saturated heterocycles. The lowest BCUT2D eigenvalue weighted by atomic mass is 10.1. The Balaban J connectivity index is 1.36. The second kappa shape index (κ2) is 11.8. The molecule has 9 nitrogen and oxygen atoms in total. The topological polar surface area (TPSA) is 92.0 Å². The number of halogens is 1. The molecule has 0 aliphatic carbocycles. The van der Waals surface area contributed by atoms with E-state index in [4.69, 9.17) is 9.15 Å². The lowest BCUT2D eigenvalue weighted by Crippen LogP contribution is -2.51. The Kier molecular flexibility index (Phi) is 8.30. The van der Waals surface area contributed by atoms with Crippen LogP contribution >= 0.6 is 11.5 Å². The zero-order chi connectivity index (χ0) is 24.6. The van der Waals surface area contributed by atoms with E-state index in [1.807, 2.05) is 17.0 Å². The van der Waals surface area contributed by atoms with Crippen molar-refractivity contribution >= 4 is 28.7 Å². The first-order valence-electron chi connectivity index (χ1n) is 11.6. The summed E-state index contributed by atoms with van der Waals surface area (Å²) in [7, 11) is 0. The van der Waals surface area contributed by atoms with Gasteiger partial charge in [-0.1, -0.05) is 12.1 Å². The van der Waals surface area contributed by atoms with E-state index in [2.05, 4.69) is 9.36 Å². The fourth-order valence-electron chi connectivity index (χ4n) is 3.80. The molecule has 0 atom stereocenters. The van der Waals surface area contributed by atoms with Crippen molar-refractivity contribution in [2.75, 3.05) is 44.2 Å². The summed E-state index contributed by atoms with van der Waals surface area (Å²) in [5.41, 5.74) is 0.922. The number of furan rings is 1. The number of benzene rings is 1. The highest BCUT2D eigenvalue weighted by atomic mass is 32.1. The first-order chi connectivity index (χ1) is 17.0. The van der Waals surface area contributed by atoms with Crippen LogP contribution in [-0.4, -0.2) is 70.5 Å². The number of hydrogen-bond donors (Lipinski definition) is 0. The lowest BCUT2D eigenvalue weighted by Gasteiger charge is -2.34. The minimum absolute atomic E-state index is 0.0222. The summed E-state index contributed by atoms with van der Waals surface area (Å²) in [4.78, 5) is 34.8. The van der Waals surface area contributed by atoms with Crippen molar-refractivity contribution in [1.82, 2.24) is 19.2 Å². The molecule has 4 rings (SSSR count). The van der Waals surface area contributed by atoms with Gasteiger partial charge in [-0.15, -0.1) is 0 Å². The standard InChI is InChI=1S/C24H28FN5O4S/c1-2-33-24(32)29-13-11-28(12-14-29)22(31)9-10-30(17-20-4-3-15-34-20)23-26-21(27-35-23)16-18-5-7-19(25)8-6-18/h3-8,15H,2,9-14,16-17H2,1H3. The first kappa shape index (κ1) is 24.6. The molecule has 35 heavy (non-hydrogen) atoms. The molecule has 186 valence electrons. The van der Waals surface area contributed by atoms with Gasteiger partial charge in [0.1, 0.15) is 17.4 Å². The SMILES string of the molecule is CCOC(=O)N1CCN(C(=O)CCN(Cc2ccco2)c2nc(Cc3ccc(F)cc3)ns2)CC1. The van der Waals surface area contributed by atoms with Gasteiger partial charge in [-0.05, 0) is 36.8 Å². The van der Waals surface area contributed by atoms with Gasteiger partial charge in [-0.25, -0.2) is 14.2 Å². The highest BCUT2D eigenvalue weighted by Gasteiger charge is 2.25. The molecule has 3 aromatic rings. The maximum absolute atomic E-state index is 13.2. The van der Waals surface area contributed by atoms with E-state index in [9.17, 15) is 14.0 Å². The van der Waals surface area contributed by atoms with Crippen LogP contribution in [0.2, 0.25) is 0 Å². The Morgan fingerprint density at radius 1 is 1.14 bits per heavy atom. The van der Waals surface area contributed by atoms with Gasteiger partial charge in [0.15, 0.2) is 0 Å². The number of hydrogen-bond acceptors (Lipinski definition) is 8. The number of rotatable bonds is 9. The van der Waals surface area contributed by atoms with Crippen LogP contribution in [0.1, 0.15) is 30.5 Å². The van der Waals surface area contributed by atoms with E-state index in [-0.39, 0.29) is 17.8 Å². The zero-order valence-corrected chi connectivity index (χ0v) is 20.4. The molecule has 11 heteroatoms. The largest absolute Gasteiger partial charge is 0.467 e. The summed E-state index contributed by atoms with van der Waals surface area (Å²) in [6.45, 7) is 4.90. The van der Waals surface area contributed by atoms with E-state index in [0.717, 1.165) is 11.3 Å². The minimum atomic E-state index is -0.336. The second-order valence-corrected chi connectivity index (χ2v) is 8.84. The van der Waals surface area contributed by atoms with E-state index < -0.39 is 0 Å². The Morgan fingerprint density at radius 3 is 2.57 bits per heavy atom. The first-order valence-corrected chi connectivity index (χ1v) is 12.3. The number of carbonyl (C=O) groups is 2. The molecule has 0 saturated carbocycles. The summed E-state index contributed by atoms with van der Waals surface area (Å²) in [6, 6.07) is 9.98. The number of piperazine rings is 1. The van der Waals surface area contributed by atoms with Gasteiger partial charge >= 0.3 is 6.09 Å². The van der Waals surface area contributed by atoms with Crippen molar-refractivity contribution in [3.8, 4) is 0 Å². The Bertz CT molecular complexity index is 1100. The van der Waals surface area contributed by atoms with Gasteiger partial charge in [0.2, 0.25) is 11.0 Å². The predicted octanol–water partition coefficient (Wildman–Crippen LogP) is 3.56. The normalized spacial score (nSPS) is 13.7. The molecule has 1 fully saturated rings. The van der Waals surface area contributed by atoms with Gasteiger partial charge in [-0.3, -0.25) is 4.79 Å². The summed E-state index contributed by atoms with van der Waals surface area (Å²) in [5, 5.41) is 0.693. The molecule has 0 N–H and O–H groups in total. The third kappa shape index (κ3) is 6.78. The van der Waals surface area contributed by atoms with Crippen LogP contribution in [-0.2, 0) is 22.5 Å². The lowest BCUT2D eigenvalue weighted by molar-refractivity contribution is -0.132. The van der Waals surface area contributed by atoms with Crippen molar-refractivity contribution in [1.29, 1.82) is 0 Å². The van der Waals surface area contributed by atoms with E-state index in [0.29, 0.717) is 69.7 Å². The van der Waals surface area contributed by atoms with Crippen LogP contribution in [0.5, 0.6) is 0 Å². The van der Waals surface area contributed by atoms with Crippen LogP contribution in [0, 0.1) is 5.82 Å². The van der Waals surface area contributed by atoms with Crippen molar-refractivity contribution < 1.29 is 23.1 Å². The molecule has 2 aromatic heterocycles. The maximum atomic E-state index is 13.2. The van der Waals surface area contributed by atoms with Crippen LogP contribution in [0.15, 0.2) is 47.1 Å². The number of aromatic nitrogens is 2. The molecule has 0 radical (unpaired) electrons. The summed E-state index contributed by atoms with van der Waals surface area (Å²) in [6.07, 6.45) is 2.07. The van der Waals surface area contributed by atoms with Crippen molar-refractivity contribution in [2.24, 2.45) is 0 Å². The van der Waals surface area contributed by atoms with Gasteiger partial charge in [0.05, 0.1) is 19.4 Å². The molecule has 1 aliphatic rings. The summed E-state index contributed by atoms with van der Waals surface area (Å²) in [5.74, 6) is 1.14. The number of ether oxygens (including phenoxy) is 1. The average molecular weight is 502 g/mol. The molecule has 1 aromatic carbocycles. The third-order valence-corrected chi connectivity index (χ3v) is 6.50. The maximum Gasteiger partial charge on any atom is 0.409 e. The van der Waals surface area contributed by atoms with Crippen LogP contribution in [0.3, 0.4) is 0 Å². The highest BCUT2D eigenvalue weighted by molar-refractivity contribution is 7.09. The number of carbonyl (C=O) groups excluding carboxylic acids is 2. The van der Waals surface area contributed by atoms with Crippen molar-refractivity contribution in [3.05, 3.63) is 65.6 Å².